The first-order valence-electron chi connectivity index (χ1n) is 7.99. The number of aromatic nitrogens is 2. The van der Waals surface area contributed by atoms with Gasteiger partial charge in [0.15, 0.2) is 0 Å². The van der Waals surface area contributed by atoms with E-state index in [0.29, 0.717) is 16.8 Å². The second-order valence-corrected chi connectivity index (χ2v) is 7.04. The van der Waals surface area contributed by atoms with E-state index in [1.54, 1.807) is 12.1 Å². The Balaban J connectivity index is 1.86. The average molecular weight is 400 g/mol. The highest BCUT2D eigenvalue weighted by molar-refractivity contribution is 9.10. The smallest absolute Gasteiger partial charge is 0.261 e. The van der Waals surface area contributed by atoms with Crippen molar-refractivity contribution in [3.8, 4) is 0 Å². The summed E-state index contributed by atoms with van der Waals surface area (Å²) in [5.74, 6) is 0.0326. The van der Waals surface area contributed by atoms with E-state index in [1.807, 2.05) is 30.3 Å². The van der Waals surface area contributed by atoms with E-state index in [-0.39, 0.29) is 18.0 Å². The Morgan fingerprint density at radius 3 is 2.76 bits per heavy atom. The maximum Gasteiger partial charge on any atom is 0.261 e. The topological polar surface area (TPSA) is 64.0 Å². The molecule has 128 valence electrons. The summed E-state index contributed by atoms with van der Waals surface area (Å²) in [5, 5.41) is 3.37. The summed E-state index contributed by atoms with van der Waals surface area (Å²) >= 11 is 3.35. The van der Waals surface area contributed by atoms with E-state index in [9.17, 15) is 9.59 Å². The molecule has 0 saturated carbocycles. The van der Waals surface area contributed by atoms with Crippen LogP contribution >= 0.6 is 15.9 Å². The minimum atomic E-state index is -0.258. The molecule has 2 aromatic carbocycles. The molecule has 0 saturated heterocycles. The molecule has 1 amide bonds. The first-order valence-corrected chi connectivity index (χ1v) is 8.78. The molecule has 1 aromatic heterocycles. The molecule has 25 heavy (non-hydrogen) atoms. The molecule has 0 aliphatic heterocycles. The molecule has 0 fully saturated rings. The van der Waals surface area contributed by atoms with Gasteiger partial charge in [-0.3, -0.25) is 14.2 Å². The predicted octanol–water partition coefficient (Wildman–Crippen LogP) is 3.92. The molecule has 3 rings (SSSR count). The second-order valence-electron chi connectivity index (χ2n) is 6.13. The van der Waals surface area contributed by atoms with Crippen LogP contribution in [-0.2, 0) is 11.3 Å². The fourth-order valence-electron chi connectivity index (χ4n) is 2.70. The van der Waals surface area contributed by atoms with Crippen molar-refractivity contribution in [2.45, 2.75) is 26.3 Å². The van der Waals surface area contributed by atoms with Gasteiger partial charge in [0.2, 0.25) is 5.91 Å². The lowest BCUT2D eigenvalue weighted by Crippen LogP contribution is -2.28. The highest BCUT2D eigenvalue weighted by atomic mass is 79.9. The summed E-state index contributed by atoms with van der Waals surface area (Å²) in [5.41, 5.74) is 2.20. The van der Waals surface area contributed by atoms with Crippen molar-refractivity contribution in [1.82, 2.24) is 9.55 Å². The van der Waals surface area contributed by atoms with Gasteiger partial charge >= 0.3 is 0 Å². The number of halogens is 1. The minimum Gasteiger partial charge on any atom is -0.324 e. The lowest BCUT2D eigenvalue weighted by molar-refractivity contribution is -0.116. The zero-order valence-electron chi connectivity index (χ0n) is 14.0. The fourth-order valence-corrected chi connectivity index (χ4v) is 3.06. The van der Waals surface area contributed by atoms with Crippen molar-refractivity contribution in [3.05, 3.63) is 69.2 Å². The normalized spacial score (nSPS) is 11.0. The van der Waals surface area contributed by atoms with Gasteiger partial charge in [0.1, 0.15) is 6.54 Å². The Bertz CT molecular complexity index is 995. The Morgan fingerprint density at radius 2 is 2.00 bits per heavy atom. The fraction of sp³-hybridized carbons (Fsp3) is 0.211. The maximum atomic E-state index is 12.6. The van der Waals surface area contributed by atoms with Crippen molar-refractivity contribution >= 4 is 38.4 Å². The lowest BCUT2D eigenvalue weighted by Gasteiger charge is -2.14. The number of benzene rings is 2. The van der Waals surface area contributed by atoms with Crippen molar-refractivity contribution in [1.29, 1.82) is 0 Å². The second kappa shape index (κ2) is 7.19. The van der Waals surface area contributed by atoms with Gasteiger partial charge < -0.3 is 5.32 Å². The van der Waals surface area contributed by atoms with E-state index in [4.69, 9.17) is 0 Å². The van der Waals surface area contributed by atoms with Crippen LogP contribution in [0, 0.1) is 0 Å². The number of anilines is 1. The number of para-hydroxylation sites is 1. The van der Waals surface area contributed by atoms with Gasteiger partial charge in [-0.2, -0.15) is 0 Å². The molecule has 0 atom stereocenters. The standard InChI is InChI=1S/C19H18BrN3O2/c1-12(2)14-5-3-4-6-17(14)22-18(24)10-23-11-21-16-8-7-13(20)9-15(16)19(23)25/h3-9,11-12H,10H2,1-2H3,(H,22,24). The molecule has 0 spiro atoms. The number of hydrogen-bond acceptors (Lipinski definition) is 3. The molecule has 5 nitrogen and oxygen atoms in total. The highest BCUT2D eigenvalue weighted by Crippen LogP contribution is 2.23. The molecule has 0 aliphatic carbocycles. The quantitative estimate of drug-likeness (QED) is 0.722. The summed E-state index contributed by atoms with van der Waals surface area (Å²) in [6.45, 7) is 4.06. The van der Waals surface area contributed by atoms with Crippen molar-refractivity contribution in [3.63, 3.8) is 0 Å². The lowest BCUT2D eigenvalue weighted by atomic mass is 10.0. The zero-order chi connectivity index (χ0) is 18.0. The van der Waals surface area contributed by atoms with Crippen LogP contribution in [0.1, 0.15) is 25.3 Å². The van der Waals surface area contributed by atoms with Gasteiger partial charge in [-0.05, 0) is 35.7 Å². The number of hydrogen-bond donors (Lipinski definition) is 1. The van der Waals surface area contributed by atoms with Gasteiger partial charge in [-0.25, -0.2) is 4.98 Å². The SMILES string of the molecule is CC(C)c1ccccc1NC(=O)Cn1cnc2ccc(Br)cc2c1=O. The summed E-state index contributed by atoms with van der Waals surface area (Å²) < 4.78 is 2.12. The molecule has 0 unspecified atom stereocenters. The van der Waals surface area contributed by atoms with E-state index >= 15 is 0 Å². The summed E-state index contributed by atoms with van der Waals surface area (Å²) in [4.78, 5) is 29.2. The molecule has 3 aromatic rings. The first kappa shape index (κ1) is 17.4. The van der Waals surface area contributed by atoms with E-state index in [2.05, 4.69) is 40.1 Å². The van der Waals surface area contributed by atoms with Crippen LogP contribution in [0.2, 0.25) is 0 Å². The Morgan fingerprint density at radius 1 is 1.24 bits per heavy atom. The minimum absolute atomic E-state index is 0.0826. The molecule has 6 heteroatoms. The van der Waals surface area contributed by atoms with Crippen LogP contribution < -0.4 is 10.9 Å². The van der Waals surface area contributed by atoms with Crippen molar-refractivity contribution in [2.24, 2.45) is 0 Å². The van der Waals surface area contributed by atoms with Crippen LogP contribution in [0.3, 0.4) is 0 Å². The summed E-state index contributed by atoms with van der Waals surface area (Å²) in [6.07, 6.45) is 1.41. The average Bonchev–Trinajstić information content (AvgIpc) is 2.58. The Kier molecular flexibility index (Phi) is 4.99. The van der Waals surface area contributed by atoms with Gasteiger partial charge in [-0.15, -0.1) is 0 Å². The van der Waals surface area contributed by atoms with Crippen LogP contribution in [0.5, 0.6) is 0 Å². The number of rotatable bonds is 4. The molecule has 1 heterocycles. The first-order chi connectivity index (χ1) is 12.0. The number of amides is 1. The monoisotopic (exact) mass is 399 g/mol. The summed E-state index contributed by atoms with van der Waals surface area (Å²) in [7, 11) is 0. The Hall–Kier alpha value is -2.47. The third-order valence-corrected chi connectivity index (χ3v) is 4.45. The van der Waals surface area contributed by atoms with E-state index < -0.39 is 0 Å². The molecular formula is C19H18BrN3O2. The van der Waals surface area contributed by atoms with Gasteiger partial charge in [0.05, 0.1) is 17.2 Å². The largest absolute Gasteiger partial charge is 0.324 e. The molecule has 1 N–H and O–H groups in total. The molecule has 0 radical (unpaired) electrons. The van der Waals surface area contributed by atoms with Crippen molar-refractivity contribution < 1.29 is 4.79 Å². The third kappa shape index (κ3) is 3.79. The molecule has 0 bridgehead atoms. The zero-order valence-corrected chi connectivity index (χ0v) is 15.6. The highest BCUT2D eigenvalue weighted by Gasteiger charge is 2.11. The van der Waals surface area contributed by atoms with Crippen LogP contribution in [0.4, 0.5) is 5.69 Å². The van der Waals surface area contributed by atoms with Crippen molar-refractivity contribution in [2.75, 3.05) is 5.32 Å². The summed E-state index contributed by atoms with van der Waals surface area (Å²) in [6, 6.07) is 13.0. The van der Waals surface area contributed by atoms with Crippen LogP contribution in [0.15, 0.2) is 58.1 Å². The number of nitrogens with one attached hydrogen (secondary N) is 1. The predicted molar refractivity (Wildman–Crippen MR) is 103 cm³/mol. The van der Waals surface area contributed by atoms with Gasteiger partial charge in [0.25, 0.3) is 5.56 Å². The van der Waals surface area contributed by atoms with Gasteiger partial charge in [0, 0.05) is 10.2 Å². The van der Waals surface area contributed by atoms with Crippen LogP contribution in [-0.4, -0.2) is 15.5 Å². The van der Waals surface area contributed by atoms with Gasteiger partial charge in [-0.1, -0.05) is 48.0 Å². The maximum absolute atomic E-state index is 12.6. The van der Waals surface area contributed by atoms with E-state index in [0.717, 1.165) is 15.7 Å². The van der Waals surface area contributed by atoms with E-state index in [1.165, 1.54) is 10.9 Å². The molecule has 0 aliphatic rings. The number of carbonyl (C=O) groups is 1. The molecular weight excluding hydrogens is 382 g/mol. The number of carbonyl (C=O) groups excluding carboxylic acids is 1. The van der Waals surface area contributed by atoms with Crippen LogP contribution in [0.25, 0.3) is 10.9 Å². The Labute approximate surface area is 153 Å². The number of nitrogens with zero attached hydrogens (tertiary/aromatic N) is 2. The number of fused-ring (bicyclic) bond motifs is 1. The third-order valence-electron chi connectivity index (χ3n) is 3.96.